The van der Waals surface area contributed by atoms with Gasteiger partial charge in [-0.15, -0.1) is 0 Å². The molecule has 0 aromatic heterocycles. The predicted octanol–water partition coefficient (Wildman–Crippen LogP) is 1.87. The summed E-state index contributed by atoms with van der Waals surface area (Å²) in [6.07, 6.45) is 1.44. The number of rotatable bonds is 3. The summed E-state index contributed by atoms with van der Waals surface area (Å²) in [5, 5.41) is 2.26. The van der Waals surface area contributed by atoms with Crippen LogP contribution in [0.5, 0.6) is 0 Å². The van der Waals surface area contributed by atoms with Crippen molar-refractivity contribution in [2.45, 2.75) is 19.8 Å². The highest BCUT2D eigenvalue weighted by atomic mass is 127. The molecule has 0 aromatic rings. The molecule has 3 nitrogen and oxygen atoms in total. The molecule has 0 unspecified atom stereocenters. The minimum atomic E-state index is -0.470. The lowest BCUT2D eigenvalue weighted by atomic mass is 10.4. The monoisotopic (exact) mass is 267 g/mol. The van der Waals surface area contributed by atoms with Crippen molar-refractivity contribution in [1.82, 2.24) is 5.32 Å². The summed E-state index contributed by atoms with van der Waals surface area (Å²) in [6, 6.07) is 2.39. The van der Waals surface area contributed by atoms with E-state index in [-0.39, 0.29) is 0 Å². The van der Waals surface area contributed by atoms with E-state index in [1.807, 2.05) is 29.5 Å². The third-order valence-electron chi connectivity index (χ3n) is 0.943. The fourth-order valence-electron chi connectivity index (χ4n) is 0.420. The first-order chi connectivity index (χ1) is 5.31. The maximum atomic E-state index is 10.6. The second kappa shape index (κ2) is 7.66. The molecule has 0 aliphatic heterocycles. The maximum absolute atomic E-state index is 10.6. The number of unbranched alkanes of at least 4 members (excludes halogenated alkanes) is 1. The summed E-state index contributed by atoms with van der Waals surface area (Å²) in [6.45, 7) is 2.50. The standard InChI is InChI=1S/C7H10INO2/c1-2-3-6-11-7(10)9-5-4-8/h2-3,6H2,1H3,(H,9,10). The molecule has 0 rings (SSSR count). The van der Waals surface area contributed by atoms with Crippen LogP contribution in [0.3, 0.4) is 0 Å². The molecule has 0 aromatic carbocycles. The van der Waals surface area contributed by atoms with Crippen molar-refractivity contribution in [2.24, 2.45) is 0 Å². The molecule has 0 saturated heterocycles. The number of amides is 1. The Hall–Kier alpha value is -0.440. The van der Waals surface area contributed by atoms with Gasteiger partial charge in [0.25, 0.3) is 0 Å². The van der Waals surface area contributed by atoms with Crippen LogP contribution in [0.4, 0.5) is 4.79 Å². The molecule has 0 fully saturated rings. The highest BCUT2D eigenvalue weighted by Gasteiger charge is 1.95. The van der Waals surface area contributed by atoms with E-state index in [0.717, 1.165) is 12.8 Å². The first-order valence-electron chi connectivity index (χ1n) is 3.34. The molecule has 0 radical (unpaired) electrons. The normalized spacial score (nSPS) is 7.82. The van der Waals surface area contributed by atoms with Gasteiger partial charge in [-0.25, -0.2) is 10.1 Å². The highest BCUT2D eigenvalue weighted by Crippen LogP contribution is 1.87. The van der Waals surface area contributed by atoms with Crippen molar-refractivity contribution in [1.29, 1.82) is 0 Å². The Morgan fingerprint density at radius 3 is 3.00 bits per heavy atom. The largest absolute Gasteiger partial charge is 0.449 e. The van der Waals surface area contributed by atoms with Crippen LogP contribution in [0.2, 0.25) is 0 Å². The minimum absolute atomic E-state index is 0.464. The summed E-state index contributed by atoms with van der Waals surface area (Å²) < 4.78 is 7.23. The van der Waals surface area contributed by atoms with Gasteiger partial charge in [-0.2, -0.15) is 0 Å². The molecule has 0 atom stereocenters. The average Bonchev–Trinajstić information content (AvgIpc) is 2.01. The zero-order valence-electron chi connectivity index (χ0n) is 6.32. The molecule has 0 heterocycles. The van der Waals surface area contributed by atoms with Gasteiger partial charge < -0.3 is 4.74 Å². The Morgan fingerprint density at radius 1 is 1.73 bits per heavy atom. The fourth-order valence-corrected chi connectivity index (χ4v) is 0.555. The highest BCUT2D eigenvalue weighted by molar-refractivity contribution is 14.1. The Balaban J connectivity index is 3.27. The number of carbonyl (C=O) groups is 1. The van der Waals surface area contributed by atoms with E-state index < -0.39 is 6.09 Å². The number of nitrogens with one attached hydrogen (secondary N) is 1. The topological polar surface area (TPSA) is 38.3 Å². The second-order valence-corrected chi connectivity index (χ2v) is 2.37. The quantitative estimate of drug-likeness (QED) is 0.367. The molecule has 11 heavy (non-hydrogen) atoms. The number of alkyl carbamates (subject to hydrolysis) is 1. The SMILES string of the molecule is CCCCOC(=O)NC#CI. The van der Waals surface area contributed by atoms with E-state index in [1.54, 1.807) is 0 Å². The molecule has 4 heteroatoms. The Labute approximate surface area is 80.0 Å². The summed E-state index contributed by atoms with van der Waals surface area (Å²) >= 11 is 1.83. The van der Waals surface area contributed by atoms with E-state index in [2.05, 4.69) is 15.3 Å². The first-order valence-corrected chi connectivity index (χ1v) is 4.42. The molecular weight excluding hydrogens is 257 g/mol. The summed E-state index contributed by atoms with van der Waals surface area (Å²) in [7, 11) is 0. The van der Waals surface area contributed by atoms with Crippen molar-refractivity contribution >= 4 is 28.7 Å². The summed E-state index contributed by atoms with van der Waals surface area (Å²) in [5.74, 6) is 0. The van der Waals surface area contributed by atoms with Crippen LogP contribution in [-0.2, 0) is 4.74 Å². The van der Waals surface area contributed by atoms with Crippen LogP contribution >= 0.6 is 22.6 Å². The van der Waals surface area contributed by atoms with Gasteiger partial charge >= 0.3 is 6.09 Å². The molecule has 0 spiro atoms. The minimum Gasteiger partial charge on any atom is -0.449 e. The van der Waals surface area contributed by atoms with Crippen molar-refractivity contribution in [2.75, 3.05) is 6.61 Å². The van der Waals surface area contributed by atoms with Gasteiger partial charge in [0.1, 0.15) is 0 Å². The van der Waals surface area contributed by atoms with Crippen molar-refractivity contribution in [3.05, 3.63) is 0 Å². The van der Waals surface area contributed by atoms with Crippen molar-refractivity contribution in [3.8, 4) is 9.97 Å². The molecule has 1 N–H and O–H groups in total. The van der Waals surface area contributed by atoms with Crippen LogP contribution in [0.1, 0.15) is 19.8 Å². The Kier molecular flexibility index (Phi) is 7.36. The molecule has 62 valence electrons. The number of ether oxygens (including phenoxy) is 1. The maximum Gasteiger partial charge on any atom is 0.418 e. The van der Waals surface area contributed by atoms with Crippen LogP contribution in [0.25, 0.3) is 0 Å². The zero-order chi connectivity index (χ0) is 8.53. The van der Waals surface area contributed by atoms with E-state index in [4.69, 9.17) is 4.74 Å². The third-order valence-corrected chi connectivity index (χ3v) is 1.21. The van der Waals surface area contributed by atoms with E-state index in [9.17, 15) is 4.79 Å². The van der Waals surface area contributed by atoms with Gasteiger partial charge in [0, 0.05) is 28.6 Å². The molecule has 0 aliphatic carbocycles. The average molecular weight is 267 g/mol. The number of halogens is 1. The van der Waals surface area contributed by atoms with Gasteiger partial charge in [-0.3, -0.25) is 0 Å². The predicted molar refractivity (Wildman–Crippen MR) is 51.2 cm³/mol. The Bertz CT molecular complexity index is 171. The zero-order valence-corrected chi connectivity index (χ0v) is 8.47. The van der Waals surface area contributed by atoms with E-state index in [1.165, 1.54) is 0 Å². The fraction of sp³-hybridized carbons (Fsp3) is 0.571. The van der Waals surface area contributed by atoms with Crippen molar-refractivity contribution < 1.29 is 9.53 Å². The molecule has 0 saturated carbocycles. The smallest absolute Gasteiger partial charge is 0.418 e. The number of carbonyl (C=O) groups excluding carboxylic acids is 1. The van der Waals surface area contributed by atoms with E-state index in [0.29, 0.717) is 6.61 Å². The summed E-state index contributed by atoms with van der Waals surface area (Å²) in [5.41, 5.74) is 0. The van der Waals surface area contributed by atoms with E-state index >= 15 is 0 Å². The van der Waals surface area contributed by atoms with Crippen LogP contribution in [0, 0.1) is 9.97 Å². The molecule has 0 bridgehead atoms. The molecule has 0 aliphatic rings. The van der Waals surface area contributed by atoms with Crippen LogP contribution in [-0.4, -0.2) is 12.7 Å². The lowest BCUT2D eigenvalue weighted by molar-refractivity contribution is 0.149. The van der Waals surface area contributed by atoms with Crippen LogP contribution < -0.4 is 5.32 Å². The lowest BCUT2D eigenvalue weighted by Gasteiger charge is -1.99. The van der Waals surface area contributed by atoms with Gasteiger partial charge in [-0.1, -0.05) is 13.3 Å². The summed E-state index contributed by atoms with van der Waals surface area (Å²) in [4.78, 5) is 10.6. The van der Waals surface area contributed by atoms with Crippen LogP contribution in [0.15, 0.2) is 0 Å². The second-order valence-electron chi connectivity index (χ2n) is 1.83. The van der Waals surface area contributed by atoms with Gasteiger partial charge in [0.2, 0.25) is 0 Å². The van der Waals surface area contributed by atoms with Gasteiger partial charge in [-0.05, 0) is 10.3 Å². The number of hydrogen-bond acceptors (Lipinski definition) is 2. The van der Waals surface area contributed by atoms with Gasteiger partial charge in [0.05, 0.1) is 6.61 Å². The number of hydrogen-bond donors (Lipinski definition) is 1. The first kappa shape index (κ1) is 10.6. The molecular formula is C7H10INO2. The van der Waals surface area contributed by atoms with Gasteiger partial charge in [0.15, 0.2) is 0 Å². The van der Waals surface area contributed by atoms with Crippen molar-refractivity contribution in [3.63, 3.8) is 0 Å². The Morgan fingerprint density at radius 2 is 2.45 bits per heavy atom. The lowest BCUT2D eigenvalue weighted by Crippen LogP contribution is -2.19. The molecule has 1 amide bonds. The third kappa shape index (κ3) is 7.46.